The van der Waals surface area contributed by atoms with E-state index >= 15 is 0 Å². The molecule has 2 aromatic rings. The Morgan fingerprint density at radius 3 is 2.38 bits per heavy atom. The lowest BCUT2D eigenvalue weighted by atomic mass is 9.82. The van der Waals surface area contributed by atoms with Crippen LogP contribution in [-0.4, -0.2) is 80.9 Å². The summed E-state index contributed by atoms with van der Waals surface area (Å²) in [6.45, 7) is 2.02. The van der Waals surface area contributed by atoms with Crippen molar-refractivity contribution in [3.63, 3.8) is 0 Å². The van der Waals surface area contributed by atoms with Crippen molar-refractivity contribution in [2.75, 3.05) is 26.2 Å². The zero-order valence-corrected chi connectivity index (χ0v) is 24.0. The Labute approximate surface area is 247 Å². The molecule has 2 aliphatic heterocycles. The Morgan fingerprint density at radius 2 is 1.74 bits per heavy atom. The molecule has 3 heterocycles. The molecule has 1 amide bonds. The molecule has 1 saturated carbocycles. The first kappa shape index (κ1) is 27.7. The summed E-state index contributed by atoms with van der Waals surface area (Å²) >= 11 is 6.42. The number of amides is 1. The highest BCUT2D eigenvalue weighted by molar-refractivity contribution is 6.34. The van der Waals surface area contributed by atoms with Gasteiger partial charge in [0.05, 0.1) is 27.9 Å². The maximum atomic E-state index is 14.7. The number of alkyl halides is 1. The third-order valence-electron chi connectivity index (χ3n) is 9.79. The highest BCUT2D eigenvalue weighted by Gasteiger charge is 2.43. The lowest BCUT2D eigenvalue weighted by Gasteiger charge is -2.50. The quantitative estimate of drug-likeness (QED) is 0.527. The van der Waals surface area contributed by atoms with E-state index < -0.39 is 29.8 Å². The van der Waals surface area contributed by atoms with Crippen molar-refractivity contribution in [2.24, 2.45) is 11.8 Å². The van der Waals surface area contributed by atoms with E-state index in [4.69, 9.17) is 16.7 Å². The van der Waals surface area contributed by atoms with E-state index in [1.807, 2.05) is 11.0 Å². The number of aromatic nitrogens is 2. The Balaban J connectivity index is 1.20. The molecule has 8 nitrogen and oxygen atoms in total. The van der Waals surface area contributed by atoms with Crippen LogP contribution in [0.15, 0.2) is 18.2 Å². The minimum absolute atomic E-state index is 0.0274. The molecule has 7 rings (SSSR count). The number of likely N-dealkylation sites (tertiary alicyclic amines) is 2. The van der Waals surface area contributed by atoms with Crippen molar-refractivity contribution in [1.29, 1.82) is 0 Å². The number of allylic oxidation sites excluding steroid dienone is 2. The zero-order chi connectivity index (χ0) is 29.3. The van der Waals surface area contributed by atoms with Crippen molar-refractivity contribution in [3.05, 3.63) is 57.1 Å². The fourth-order valence-corrected chi connectivity index (χ4v) is 7.28. The van der Waals surface area contributed by atoms with Crippen LogP contribution in [0.25, 0.3) is 5.57 Å². The van der Waals surface area contributed by atoms with Crippen molar-refractivity contribution in [1.82, 2.24) is 19.6 Å². The molecule has 2 atom stereocenters. The second-order valence-electron chi connectivity index (χ2n) is 12.5. The van der Waals surface area contributed by atoms with Crippen molar-refractivity contribution in [2.45, 2.75) is 69.5 Å². The second-order valence-corrected chi connectivity index (χ2v) is 12.9. The summed E-state index contributed by atoms with van der Waals surface area (Å²) in [6, 6.07) is 3.13. The Kier molecular flexibility index (Phi) is 6.96. The lowest BCUT2D eigenvalue weighted by molar-refractivity contribution is -0.146. The van der Waals surface area contributed by atoms with Crippen molar-refractivity contribution >= 4 is 35.0 Å². The molecule has 5 aliphatic rings. The number of carboxylic acid groups (broad SMARTS) is 1. The summed E-state index contributed by atoms with van der Waals surface area (Å²) in [4.78, 5) is 43.1. The van der Waals surface area contributed by atoms with Gasteiger partial charge >= 0.3 is 5.97 Å². The predicted molar refractivity (Wildman–Crippen MR) is 151 cm³/mol. The van der Waals surface area contributed by atoms with Gasteiger partial charge in [-0.2, -0.15) is 9.78 Å². The summed E-state index contributed by atoms with van der Waals surface area (Å²) in [6.07, 6.45) is 5.80. The average molecular weight is 599 g/mol. The molecule has 0 bridgehead atoms. The largest absolute Gasteiger partial charge is 0.481 e. The average Bonchev–Trinajstić information content (AvgIpc) is 3.72. The first-order valence-electron chi connectivity index (χ1n) is 14.9. The SMILES string of the molecule is O=C(O)C1CC=C(c2nn(C(=O)c3c(C4CC4)ccc(F)c3Cl)c3c2CCC(C(=O)N2CC(N4CC(F)C4)C2)C3)CC1. The van der Waals surface area contributed by atoms with Crippen LogP contribution in [0.4, 0.5) is 8.78 Å². The molecule has 0 radical (unpaired) electrons. The molecular formula is C31H33ClF2N4O4. The van der Waals surface area contributed by atoms with Gasteiger partial charge in [-0.3, -0.25) is 19.3 Å². The van der Waals surface area contributed by atoms with Gasteiger partial charge in [-0.05, 0) is 68.1 Å². The molecule has 1 aromatic carbocycles. The van der Waals surface area contributed by atoms with Gasteiger partial charge in [-0.25, -0.2) is 8.78 Å². The van der Waals surface area contributed by atoms with Crippen molar-refractivity contribution < 1.29 is 28.3 Å². The molecule has 1 N–H and O–H groups in total. The van der Waals surface area contributed by atoms with Gasteiger partial charge in [0, 0.05) is 50.1 Å². The minimum Gasteiger partial charge on any atom is -0.481 e. The predicted octanol–water partition coefficient (Wildman–Crippen LogP) is 4.48. The van der Waals surface area contributed by atoms with E-state index in [0.717, 1.165) is 29.5 Å². The topological polar surface area (TPSA) is 95.7 Å². The Morgan fingerprint density at radius 1 is 1.00 bits per heavy atom. The fourth-order valence-electron chi connectivity index (χ4n) is 7.02. The number of rotatable bonds is 6. The smallest absolute Gasteiger partial charge is 0.306 e. The third kappa shape index (κ3) is 4.76. The summed E-state index contributed by atoms with van der Waals surface area (Å²) in [5.74, 6) is -2.59. The van der Waals surface area contributed by atoms with Crippen LogP contribution >= 0.6 is 11.6 Å². The summed E-state index contributed by atoms with van der Waals surface area (Å²) < 4.78 is 29.3. The Bertz CT molecular complexity index is 1510. The number of hydrogen-bond acceptors (Lipinski definition) is 5. The maximum Gasteiger partial charge on any atom is 0.306 e. The van der Waals surface area contributed by atoms with E-state index in [9.17, 15) is 28.3 Å². The molecule has 3 fully saturated rings. The van der Waals surface area contributed by atoms with Crippen LogP contribution in [-0.2, 0) is 22.4 Å². The number of carbonyl (C=O) groups is 3. The van der Waals surface area contributed by atoms with Gasteiger partial charge < -0.3 is 10.0 Å². The first-order valence-corrected chi connectivity index (χ1v) is 15.3. The van der Waals surface area contributed by atoms with Gasteiger partial charge in [0.15, 0.2) is 0 Å². The molecule has 222 valence electrons. The van der Waals surface area contributed by atoms with Crippen molar-refractivity contribution in [3.8, 4) is 0 Å². The minimum atomic E-state index is -0.824. The number of aliphatic carboxylic acids is 1. The van der Waals surface area contributed by atoms with E-state index in [1.165, 1.54) is 10.7 Å². The zero-order valence-electron chi connectivity index (χ0n) is 23.2. The van der Waals surface area contributed by atoms with Crippen LogP contribution in [0.5, 0.6) is 0 Å². The number of carbonyl (C=O) groups excluding carboxylic acids is 2. The molecule has 3 aliphatic carbocycles. The number of carboxylic acids is 1. The van der Waals surface area contributed by atoms with Crippen LogP contribution < -0.4 is 0 Å². The van der Waals surface area contributed by atoms with Crippen LogP contribution in [0, 0.1) is 17.7 Å². The Hall–Kier alpha value is -3.11. The number of nitrogens with zero attached hydrogens (tertiary/aromatic N) is 4. The third-order valence-corrected chi connectivity index (χ3v) is 10.2. The second kappa shape index (κ2) is 10.6. The van der Waals surface area contributed by atoms with Gasteiger partial charge in [0.25, 0.3) is 5.91 Å². The molecule has 2 saturated heterocycles. The standard InChI is InChI=1S/C31H33ClF2N4O4/c32-27-24(34)10-9-22(16-1-2-16)26(27)30(40)38-25-11-19(29(39)37-14-21(15-37)36-12-20(33)13-36)7-8-23(25)28(35-38)17-3-5-18(6-4-17)31(41)42/h3,9-10,16,18-21H,1-2,4-8,11-15H2,(H,41,42). The first-order chi connectivity index (χ1) is 20.2. The van der Waals surface area contributed by atoms with E-state index in [-0.39, 0.29) is 34.4 Å². The molecular weight excluding hydrogens is 566 g/mol. The highest BCUT2D eigenvalue weighted by Crippen LogP contribution is 2.44. The van der Waals surface area contributed by atoms with E-state index in [0.29, 0.717) is 76.1 Å². The summed E-state index contributed by atoms with van der Waals surface area (Å²) in [5, 5.41) is 14.0. The van der Waals surface area contributed by atoms with E-state index in [1.54, 1.807) is 6.07 Å². The summed E-state index contributed by atoms with van der Waals surface area (Å²) in [5.41, 5.74) is 3.94. The summed E-state index contributed by atoms with van der Waals surface area (Å²) in [7, 11) is 0. The van der Waals surface area contributed by atoms with Crippen LogP contribution in [0.2, 0.25) is 5.02 Å². The van der Waals surface area contributed by atoms with Gasteiger partial charge in [0.1, 0.15) is 12.0 Å². The number of hydrogen-bond donors (Lipinski definition) is 1. The molecule has 1 aromatic heterocycles. The van der Waals surface area contributed by atoms with Crippen LogP contribution in [0.3, 0.4) is 0 Å². The van der Waals surface area contributed by atoms with Gasteiger partial charge in [-0.15, -0.1) is 0 Å². The van der Waals surface area contributed by atoms with Crippen LogP contribution in [0.1, 0.15) is 77.3 Å². The fraction of sp³-hybridized carbons (Fsp3) is 0.548. The maximum absolute atomic E-state index is 14.7. The normalized spacial score (nSPS) is 24.9. The molecule has 42 heavy (non-hydrogen) atoms. The number of halogens is 3. The number of fused-ring (bicyclic) bond motifs is 1. The molecule has 0 spiro atoms. The monoisotopic (exact) mass is 598 g/mol. The molecule has 2 unspecified atom stereocenters. The lowest BCUT2D eigenvalue weighted by Crippen LogP contribution is -2.67. The number of benzene rings is 1. The van der Waals surface area contributed by atoms with Gasteiger partial charge in [-0.1, -0.05) is 23.7 Å². The van der Waals surface area contributed by atoms with Gasteiger partial charge in [0.2, 0.25) is 5.91 Å². The highest BCUT2D eigenvalue weighted by atomic mass is 35.5. The van der Waals surface area contributed by atoms with E-state index in [2.05, 4.69) is 4.90 Å². The molecule has 11 heteroatoms.